The largest absolute Gasteiger partial charge is 0.507 e. The lowest BCUT2D eigenvalue weighted by Gasteiger charge is -2.48. The number of benzene rings is 5. The van der Waals surface area contributed by atoms with Crippen LogP contribution in [0.4, 0.5) is 9.59 Å². The molecule has 0 spiro atoms. The van der Waals surface area contributed by atoms with Crippen molar-refractivity contribution in [1.82, 2.24) is 31.1 Å². The molecule has 0 saturated carbocycles. The number of rotatable bonds is 19. The molecule has 5 aromatic carbocycles. The number of aliphatic imine (C=N–C) groups is 2. The van der Waals surface area contributed by atoms with Gasteiger partial charge in [0.25, 0.3) is 5.91 Å². The maximum atomic E-state index is 14.3. The van der Waals surface area contributed by atoms with Gasteiger partial charge in [-0.15, -0.1) is 11.8 Å². The maximum absolute atomic E-state index is 14.3. The van der Waals surface area contributed by atoms with Gasteiger partial charge in [-0.1, -0.05) is 115 Å². The minimum Gasteiger partial charge on any atom is -0.507 e. The second-order valence-corrected chi connectivity index (χ2v) is 19.1. The van der Waals surface area contributed by atoms with Crippen LogP contribution >= 0.6 is 11.8 Å². The van der Waals surface area contributed by atoms with Crippen molar-refractivity contribution in [2.75, 3.05) is 46.6 Å². The molecule has 0 bridgehead atoms. The molecule has 1 fully saturated rings. The van der Waals surface area contributed by atoms with Crippen molar-refractivity contribution in [2.24, 2.45) is 9.98 Å². The third-order valence-electron chi connectivity index (χ3n) is 11.5. The van der Waals surface area contributed by atoms with Crippen LogP contribution < -0.4 is 26.0 Å². The smallest absolute Gasteiger partial charge is 0.407 e. The number of phenolic OH excluding ortho intramolecular Hbond substituents is 1. The molecule has 7 rings (SSSR count). The van der Waals surface area contributed by atoms with E-state index >= 15 is 0 Å². The minimum absolute atomic E-state index is 0.0260. The van der Waals surface area contributed by atoms with Crippen molar-refractivity contribution in [2.45, 2.75) is 49.9 Å². The fourth-order valence-electron chi connectivity index (χ4n) is 8.07. The van der Waals surface area contributed by atoms with Crippen molar-refractivity contribution >= 4 is 48.2 Å². The van der Waals surface area contributed by atoms with Gasteiger partial charge in [0.05, 0.1) is 13.7 Å². The summed E-state index contributed by atoms with van der Waals surface area (Å²) >= 11 is 1.43. The Hall–Kier alpha value is -8.05. The van der Waals surface area contributed by atoms with E-state index in [0.717, 1.165) is 16.7 Å². The number of aromatic hydroxyl groups is 1. The molecule has 5 N–H and O–H groups in total. The number of fused-ring (bicyclic) bond motifs is 1. The summed E-state index contributed by atoms with van der Waals surface area (Å²) in [5, 5.41) is 22.2. The second kappa shape index (κ2) is 23.7. The number of phenols is 1. The Labute approximate surface area is 424 Å². The fraction of sp³-hybridized carbons (Fsp3) is 0.273. The number of β-lactam (4-membered cyclic amide) rings is 1. The van der Waals surface area contributed by atoms with Crippen LogP contribution in [0.5, 0.6) is 11.5 Å². The molecule has 0 aromatic heterocycles. The summed E-state index contributed by atoms with van der Waals surface area (Å²) in [7, 11) is 5.25. The molecule has 2 heterocycles. The predicted molar refractivity (Wildman–Crippen MR) is 280 cm³/mol. The van der Waals surface area contributed by atoms with Gasteiger partial charge in [-0.25, -0.2) is 14.4 Å². The van der Waals surface area contributed by atoms with Gasteiger partial charge in [0.15, 0.2) is 6.04 Å². The Balaban J connectivity index is 1.26. The van der Waals surface area contributed by atoms with E-state index in [1.165, 1.54) is 35.2 Å². The number of esters is 1. The molecule has 16 nitrogen and oxygen atoms in total. The molecule has 5 aromatic rings. The van der Waals surface area contributed by atoms with E-state index in [0.29, 0.717) is 34.0 Å². The number of carbonyl (C=O) groups is 4. The van der Waals surface area contributed by atoms with Crippen LogP contribution in [-0.4, -0.2) is 115 Å². The van der Waals surface area contributed by atoms with Crippen molar-refractivity contribution in [1.29, 1.82) is 0 Å². The molecular formula is C55H60N8O8S. The number of para-hydroxylation sites is 1. The number of ether oxygens (including phenoxy) is 3. The molecule has 2 aliphatic heterocycles. The zero-order valence-electron chi connectivity index (χ0n) is 41.1. The highest BCUT2D eigenvalue weighted by molar-refractivity contribution is 8.00. The molecule has 72 heavy (non-hydrogen) atoms. The number of alkyl carbamates (subject to hydrolysis) is 1. The Bertz CT molecular complexity index is 2720. The molecule has 0 unspecified atom stereocenters. The Kier molecular flexibility index (Phi) is 17.1. The lowest BCUT2D eigenvalue weighted by molar-refractivity contribution is -0.151. The molecule has 1 saturated heterocycles. The van der Waals surface area contributed by atoms with Gasteiger partial charge in [-0.05, 0) is 72.9 Å². The maximum Gasteiger partial charge on any atom is 0.407 e. The van der Waals surface area contributed by atoms with Crippen molar-refractivity contribution in [3.63, 3.8) is 0 Å². The molecular weight excluding hydrogens is 933 g/mol. The molecule has 4 amide bonds. The number of thioether (sulfide) groups is 1. The van der Waals surface area contributed by atoms with E-state index in [9.17, 15) is 24.3 Å². The number of nitrogens with one attached hydrogen (secondary N) is 4. The van der Waals surface area contributed by atoms with Crippen molar-refractivity contribution < 1.29 is 38.5 Å². The number of methoxy groups -OCH3 is 1. The van der Waals surface area contributed by atoms with Gasteiger partial charge in [-0.2, -0.15) is 0 Å². The standard InChI is InChI=1S/C55H60N8O8S/c1-54(2,3)71-53(68)58-31-30-57-52(67)60-44(48(62(4)5)61-55(40-19-10-7-11-20-40,41-21-12-8-13-22-41)42-23-14-9-15-24-42)34-56-32-39-36-72-50-46(59-33-38-18-16-17-25-45(38)64)49(65)63(50)47(39)51(66)70-35-37-26-28-43(69-6)29-27-37/h7-29,33-34,46,50,61,64H,30-32,35-36H2,1-6H3,(H,58,68)(H2,57,60,67)/b48-44+,56-34+,59-33-/t46-,50-/m1/s1. The third-order valence-corrected chi connectivity index (χ3v) is 12.8. The summed E-state index contributed by atoms with van der Waals surface area (Å²) in [5.74, 6) is 0.326. The van der Waals surface area contributed by atoms with Crippen LogP contribution in [0.3, 0.4) is 0 Å². The predicted octanol–water partition coefficient (Wildman–Crippen LogP) is 7.31. The van der Waals surface area contributed by atoms with Crippen molar-refractivity contribution in [3.8, 4) is 11.5 Å². The van der Waals surface area contributed by atoms with E-state index in [1.807, 2.05) is 110 Å². The second-order valence-electron chi connectivity index (χ2n) is 18.0. The summed E-state index contributed by atoms with van der Waals surface area (Å²) in [5.41, 5.74) is 3.04. The first-order valence-electron chi connectivity index (χ1n) is 23.3. The summed E-state index contributed by atoms with van der Waals surface area (Å²) in [6, 6.07) is 42.4. The average molecular weight is 993 g/mol. The summed E-state index contributed by atoms with van der Waals surface area (Å²) in [6.07, 6.45) is 2.37. The first-order valence-corrected chi connectivity index (χ1v) is 24.4. The highest BCUT2D eigenvalue weighted by atomic mass is 32.2. The summed E-state index contributed by atoms with van der Waals surface area (Å²) in [6.45, 7) is 5.32. The van der Waals surface area contributed by atoms with Gasteiger partial charge < -0.3 is 45.5 Å². The van der Waals surface area contributed by atoms with Crippen LogP contribution in [0.1, 0.15) is 48.6 Å². The van der Waals surface area contributed by atoms with Crippen molar-refractivity contribution in [3.05, 3.63) is 190 Å². The van der Waals surface area contributed by atoms with E-state index in [2.05, 4.69) is 26.3 Å². The average Bonchev–Trinajstić information content (AvgIpc) is 3.38. The summed E-state index contributed by atoms with van der Waals surface area (Å²) < 4.78 is 16.5. The van der Waals surface area contributed by atoms with Crippen LogP contribution in [0, 0.1) is 0 Å². The molecule has 0 radical (unpaired) electrons. The van der Waals surface area contributed by atoms with E-state index in [-0.39, 0.29) is 43.4 Å². The van der Waals surface area contributed by atoms with Gasteiger partial charge in [0.1, 0.15) is 51.8 Å². The molecule has 2 aliphatic rings. The monoisotopic (exact) mass is 992 g/mol. The number of carbonyl (C=O) groups excluding carboxylic acids is 4. The minimum atomic E-state index is -1.02. The van der Waals surface area contributed by atoms with Crippen LogP contribution in [-0.2, 0) is 31.2 Å². The van der Waals surface area contributed by atoms with Crippen LogP contribution in [0.25, 0.3) is 0 Å². The lowest BCUT2D eigenvalue weighted by atomic mass is 9.77. The normalized spacial score (nSPS) is 16.0. The Morgan fingerprint density at radius 1 is 0.819 bits per heavy atom. The van der Waals surface area contributed by atoms with E-state index < -0.39 is 46.6 Å². The Morgan fingerprint density at radius 3 is 1.97 bits per heavy atom. The molecule has 17 heteroatoms. The zero-order valence-corrected chi connectivity index (χ0v) is 41.9. The van der Waals surface area contributed by atoms with Crippen LogP contribution in [0.2, 0.25) is 0 Å². The molecule has 0 aliphatic carbocycles. The number of amides is 4. The number of urea groups is 1. The van der Waals surface area contributed by atoms with Crippen LogP contribution in [0.15, 0.2) is 172 Å². The molecule has 2 atom stereocenters. The topological polar surface area (TPSA) is 196 Å². The third kappa shape index (κ3) is 12.6. The number of hydrogen-bond acceptors (Lipinski definition) is 13. The number of allylic oxidation sites excluding steroid dienone is 1. The highest BCUT2D eigenvalue weighted by Crippen LogP contribution is 2.43. The SMILES string of the molecule is COc1ccc(COC(=O)C2=C(C/N=C/C(NC(=O)NCCNC(=O)OC(C)(C)C)=C(/NC(c3ccccc3)(c3ccccc3)c3ccccc3)N(C)C)CS[C@@H]3[C@H](/N=C\c4ccccc4O)C(=O)N23)cc1. The van der Waals surface area contributed by atoms with Gasteiger partial charge in [-0.3, -0.25) is 19.7 Å². The quantitative estimate of drug-likeness (QED) is 0.0183. The summed E-state index contributed by atoms with van der Waals surface area (Å²) in [4.78, 5) is 67.2. The van der Waals surface area contributed by atoms with Gasteiger partial charge in [0, 0.05) is 50.9 Å². The van der Waals surface area contributed by atoms with E-state index in [4.69, 9.17) is 19.2 Å². The fourth-order valence-corrected chi connectivity index (χ4v) is 9.40. The first-order chi connectivity index (χ1) is 34.7. The van der Waals surface area contributed by atoms with Gasteiger partial charge >= 0.3 is 18.1 Å². The van der Waals surface area contributed by atoms with Gasteiger partial charge in [0.2, 0.25) is 0 Å². The number of nitrogens with zero attached hydrogens (tertiary/aromatic N) is 4. The Morgan fingerprint density at radius 2 is 1.40 bits per heavy atom. The number of hydrogen-bond donors (Lipinski definition) is 5. The first kappa shape index (κ1) is 51.8. The lowest BCUT2D eigenvalue weighted by Crippen LogP contribution is -2.64. The van der Waals surface area contributed by atoms with E-state index in [1.54, 1.807) is 70.3 Å². The highest BCUT2D eigenvalue weighted by Gasteiger charge is 2.54. The zero-order chi connectivity index (χ0) is 51.3. The molecule has 374 valence electrons.